The van der Waals surface area contributed by atoms with E-state index < -0.39 is 0 Å². The molecule has 1 aromatic rings. The van der Waals surface area contributed by atoms with Crippen LogP contribution in [-0.2, 0) is 11.3 Å². The number of nitrogens with one attached hydrogen (secondary N) is 2. The second-order valence-electron chi connectivity index (χ2n) is 3.71. The third-order valence-electron chi connectivity index (χ3n) is 2.28. The highest BCUT2D eigenvalue weighted by Crippen LogP contribution is 2.03. The molecule has 0 spiro atoms. The largest absolute Gasteiger partial charge is 0.383 e. The van der Waals surface area contributed by atoms with Crippen molar-refractivity contribution in [3.8, 4) is 0 Å². The summed E-state index contributed by atoms with van der Waals surface area (Å²) in [5.41, 5.74) is 4.92. The minimum absolute atomic E-state index is 0.572. The number of nitrogens with two attached hydrogens (primary N) is 1. The van der Waals surface area contributed by atoms with Crippen molar-refractivity contribution in [2.45, 2.75) is 13.5 Å². The van der Waals surface area contributed by atoms with Crippen molar-refractivity contribution < 1.29 is 4.74 Å². The van der Waals surface area contributed by atoms with Crippen LogP contribution in [0, 0.1) is 6.92 Å². The van der Waals surface area contributed by atoms with E-state index in [0.29, 0.717) is 25.7 Å². The van der Waals surface area contributed by atoms with Crippen molar-refractivity contribution in [2.75, 3.05) is 20.3 Å². The molecule has 0 aliphatic carbocycles. The Bertz CT molecular complexity index is 348. The number of hydrogen-bond acceptors (Lipinski definition) is 3. The molecule has 0 atom stereocenters. The lowest BCUT2D eigenvalue weighted by Crippen LogP contribution is -2.42. The van der Waals surface area contributed by atoms with Crippen molar-refractivity contribution in [3.05, 3.63) is 35.4 Å². The Balaban J connectivity index is 2.46. The molecule has 0 aliphatic heterocycles. The lowest BCUT2D eigenvalue weighted by Gasteiger charge is -2.08. The van der Waals surface area contributed by atoms with Gasteiger partial charge >= 0.3 is 0 Å². The fourth-order valence-electron chi connectivity index (χ4n) is 1.29. The number of benzene rings is 1. The molecule has 0 amide bonds. The van der Waals surface area contributed by atoms with Crippen LogP contribution >= 0.6 is 0 Å². The van der Waals surface area contributed by atoms with Gasteiger partial charge in [0.1, 0.15) is 0 Å². The minimum Gasteiger partial charge on any atom is -0.383 e. The van der Waals surface area contributed by atoms with Crippen LogP contribution in [0.25, 0.3) is 0 Å². The van der Waals surface area contributed by atoms with Crippen LogP contribution in [0.4, 0.5) is 0 Å². The van der Waals surface area contributed by atoms with Crippen LogP contribution in [0.15, 0.2) is 29.3 Å². The van der Waals surface area contributed by atoms with E-state index in [0.717, 1.165) is 5.56 Å². The lowest BCUT2D eigenvalue weighted by atomic mass is 10.1. The van der Waals surface area contributed by atoms with Crippen molar-refractivity contribution in [1.29, 1.82) is 0 Å². The highest BCUT2D eigenvalue weighted by molar-refractivity contribution is 5.79. The SMILES string of the molecule is COCCNC(=NCc1ccc(C)cc1)NN. The van der Waals surface area contributed by atoms with Gasteiger partial charge in [-0.25, -0.2) is 10.8 Å². The van der Waals surface area contributed by atoms with E-state index in [-0.39, 0.29) is 0 Å². The molecule has 4 N–H and O–H groups in total. The monoisotopic (exact) mass is 236 g/mol. The van der Waals surface area contributed by atoms with Crippen LogP contribution in [0.5, 0.6) is 0 Å². The molecule has 0 aromatic heterocycles. The first-order valence-electron chi connectivity index (χ1n) is 5.55. The molecule has 0 aliphatic rings. The number of hydrazine groups is 1. The normalized spacial score (nSPS) is 11.4. The zero-order chi connectivity index (χ0) is 12.5. The predicted octanol–water partition coefficient (Wildman–Crippen LogP) is 0.550. The fourth-order valence-corrected chi connectivity index (χ4v) is 1.29. The molecule has 1 aromatic carbocycles. The molecule has 0 bridgehead atoms. The highest BCUT2D eigenvalue weighted by Gasteiger charge is 1.95. The van der Waals surface area contributed by atoms with Gasteiger partial charge in [-0.2, -0.15) is 0 Å². The number of nitrogens with zero attached hydrogens (tertiary/aromatic N) is 1. The van der Waals surface area contributed by atoms with Crippen molar-refractivity contribution >= 4 is 5.96 Å². The summed E-state index contributed by atoms with van der Waals surface area (Å²) in [6.45, 7) is 3.95. The smallest absolute Gasteiger partial charge is 0.206 e. The summed E-state index contributed by atoms with van der Waals surface area (Å²) < 4.78 is 4.93. The lowest BCUT2D eigenvalue weighted by molar-refractivity contribution is 0.203. The number of aryl methyl sites for hydroxylation is 1. The number of guanidine groups is 1. The zero-order valence-corrected chi connectivity index (χ0v) is 10.4. The number of hydrogen-bond donors (Lipinski definition) is 3. The predicted molar refractivity (Wildman–Crippen MR) is 69.5 cm³/mol. The Labute approximate surface area is 102 Å². The van der Waals surface area contributed by atoms with Gasteiger partial charge in [-0.05, 0) is 12.5 Å². The first-order valence-corrected chi connectivity index (χ1v) is 5.55. The zero-order valence-electron chi connectivity index (χ0n) is 10.4. The summed E-state index contributed by atoms with van der Waals surface area (Å²) in [5, 5.41) is 3.04. The molecule has 0 unspecified atom stereocenters. The molecule has 0 fully saturated rings. The van der Waals surface area contributed by atoms with Gasteiger partial charge in [0, 0.05) is 13.7 Å². The van der Waals surface area contributed by atoms with Crippen LogP contribution in [0.2, 0.25) is 0 Å². The third-order valence-corrected chi connectivity index (χ3v) is 2.28. The maximum absolute atomic E-state index is 5.36. The molecule has 5 nitrogen and oxygen atoms in total. The van der Waals surface area contributed by atoms with Gasteiger partial charge in [0.2, 0.25) is 5.96 Å². The number of rotatable bonds is 5. The van der Waals surface area contributed by atoms with Gasteiger partial charge in [0.15, 0.2) is 0 Å². The maximum Gasteiger partial charge on any atom is 0.206 e. The molecule has 1 rings (SSSR count). The van der Waals surface area contributed by atoms with Crippen molar-refractivity contribution in [2.24, 2.45) is 10.8 Å². The number of ether oxygens (including phenoxy) is 1. The van der Waals surface area contributed by atoms with Gasteiger partial charge in [0.05, 0.1) is 13.2 Å². The van der Waals surface area contributed by atoms with Crippen molar-refractivity contribution in [1.82, 2.24) is 10.7 Å². The first kappa shape index (κ1) is 13.5. The van der Waals surface area contributed by atoms with E-state index >= 15 is 0 Å². The maximum atomic E-state index is 5.36. The van der Waals surface area contributed by atoms with Gasteiger partial charge in [-0.15, -0.1) is 0 Å². The Morgan fingerprint density at radius 2 is 2.06 bits per heavy atom. The molecule has 0 heterocycles. The summed E-state index contributed by atoms with van der Waals surface area (Å²) in [5.74, 6) is 5.93. The molecular formula is C12H20N4O. The van der Waals surface area contributed by atoms with Crippen molar-refractivity contribution in [3.63, 3.8) is 0 Å². The number of methoxy groups -OCH3 is 1. The third kappa shape index (κ3) is 5.33. The minimum atomic E-state index is 0.572. The summed E-state index contributed by atoms with van der Waals surface area (Å²) >= 11 is 0. The molecule has 0 saturated heterocycles. The second kappa shape index (κ2) is 7.65. The highest BCUT2D eigenvalue weighted by atomic mass is 16.5. The molecule has 94 valence electrons. The standard InChI is InChI=1S/C12H20N4O/c1-10-3-5-11(6-4-10)9-15-12(16-13)14-7-8-17-2/h3-6H,7-9,13H2,1-2H3,(H2,14,15,16). The second-order valence-corrected chi connectivity index (χ2v) is 3.71. The van der Waals surface area contributed by atoms with Crippen LogP contribution < -0.4 is 16.6 Å². The Kier molecular flexibility index (Phi) is 6.06. The van der Waals surface area contributed by atoms with E-state index in [1.54, 1.807) is 7.11 Å². The van der Waals surface area contributed by atoms with Gasteiger partial charge in [-0.3, -0.25) is 5.43 Å². The first-order chi connectivity index (χ1) is 8.26. The molecule has 0 saturated carbocycles. The Hall–Kier alpha value is -1.59. The van der Waals surface area contributed by atoms with E-state index in [1.807, 2.05) is 0 Å². The van der Waals surface area contributed by atoms with Gasteiger partial charge in [0.25, 0.3) is 0 Å². The van der Waals surface area contributed by atoms with Crippen LogP contribution in [-0.4, -0.2) is 26.2 Å². The topological polar surface area (TPSA) is 71.7 Å². The van der Waals surface area contributed by atoms with Crippen LogP contribution in [0.1, 0.15) is 11.1 Å². The molecular weight excluding hydrogens is 216 g/mol. The van der Waals surface area contributed by atoms with E-state index in [4.69, 9.17) is 10.6 Å². The molecule has 5 heteroatoms. The van der Waals surface area contributed by atoms with E-state index in [2.05, 4.69) is 46.9 Å². The summed E-state index contributed by atoms with van der Waals surface area (Å²) in [6.07, 6.45) is 0. The number of aliphatic imine (C=N–C) groups is 1. The fraction of sp³-hybridized carbons (Fsp3) is 0.417. The summed E-state index contributed by atoms with van der Waals surface area (Å²) in [6, 6.07) is 8.25. The summed E-state index contributed by atoms with van der Waals surface area (Å²) in [7, 11) is 1.65. The Morgan fingerprint density at radius 1 is 1.35 bits per heavy atom. The average molecular weight is 236 g/mol. The van der Waals surface area contributed by atoms with Gasteiger partial charge in [-0.1, -0.05) is 29.8 Å². The van der Waals surface area contributed by atoms with E-state index in [1.165, 1.54) is 5.56 Å². The summed E-state index contributed by atoms with van der Waals surface area (Å²) in [4.78, 5) is 4.33. The quantitative estimate of drug-likeness (QED) is 0.229. The molecule has 0 radical (unpaired) electrons. The van der Waals surface area contributed by atoms with Gasteiger partial charge < -0.3 is 10.1 Å². The molecule has 17 heavy (non-hydrogen) atoms. The van der Waals surface area contributed by atoms with E-state index in [9.17, 15) is 0 Å². The Morgan fingerprint density at radius 3 is 2.65 bits per heavy atom. The van der Waals surface area contributed by atoms with Crippen LogP contribution in [0.3, 0.4) is 0 Å². The average Bonchev–Trinajstić information content (AvgIpc) is 2.35.